The van der Waals surface area contributed by atoms with E-state index in [9.17, 15) is 9.18 Å². The van der Waals surface area contributed by atoms with Crippen LogP contribution in [0.4, 0.5) is 4.39 Å². The average molecular weight is 246 g/mol. The van der Waals surface area contributed by atoms with Gasteiger partial charge in [-0.15, -0.1) is 0 Å². The smallest absolute Gasteiger partial charge is 0.364 e. The summed E-state index contributed by atoms with van der Waals surface area (Å²) in [6.07, 6.45) is 1.00. The quantitative estimate of drug-likeness (QED) is 0.845. The molecule has 2 aromatic rings. The Morgan fingerprint density at radius 1 is 1.22 bits per heavy atom. The number of carboxylic acids is 1. The van der Waals surface area contributed by atoms with Crippen LogP contribution in [-0.4, -0.2) is 18.2 Å². The summed E-state index contributed by atoms with van der Waals surface area (Å²) in [5, 5.41) is 10.1. The van der Waals surface area contributed by atoms with Crippen molar-refractivity contribution < 1.29 is 19.0 Å². The second-order valence-corrected chi connectivity index (χ2v) is 3.70. The first-order valence-corrected chi connectivity index (χ1v) is 5.29. The molecule has 0 spiro atoms. The number of ether oxygens (including phenoxy) is 1. The maximum atomic E-state index is 13.2. The van der Waals surface area contributed by atoms with Crippen molar-refractivity contribution in [1.29, 1.82) is 0 Å². The van der Waals surface area contributed by atoms with Crippen LogP contribution in [0.25, 0.3) is 16.8 Å². The first kappa shape index (κ1) is 12.1. The molecule has 0 aromatic heterocycles. The Morgan fingerprint density at radius 3 is 2.50 bits per heavy atom. The fourth-order valence-electron chi connectivity index (χ4n) is 1.80. The van der Waals surface area contributed by atoms with Gasteiger partial charge < -0.3 is 9.84 Å². The molecule has 1 N–H and O–H groups in total. The molecule has 0 aliphatic carbocycles. The van der Waals surface area contributed by atoms with Crippen molar-refractivity contribution in [2.45, 2.75) is 0 Å². The number of methoxy groups -OCH3 is 1. The fraction of sp³-hybridized carbons (Fsp3) is 0.0714. The largest absolute Gasteiger partial charge is 0.496 e. The number of fused-ring (bicyclic) bond motifs is 1. The third-order valence-electron chi connectivity index (χ3n) is 2.62. The Balaban J connectivity index is 2.67. The molecule has 2 aromatic carbocycles. The Labute approximate surface area is 103 Å². The molecule has 0 radical (unpaired) electrons. The fourth-order valence-corrected chi connectivity index (χ4v) is 1.80. The summed E-state index contributed by atoms with van der Waals surface area (Å²) >= 11 is 0. The van der Waals surface area contributed by atoms with Gasteiger partial charge in [0.1, 0.15) is 5.75 Å². The van der Waals surface area contributed by atoms with Gasteiger partial charge in [0.05, 0.1) is 7.11 Å². The Hall–Kier alpha value is -2.36. The second-order valence-electron chi connectivity index (χ2n) is 3.70. The van der Waals surface area contributed by atoms with E-state index in [-0.39, 0.29) is 0 Å². The molecule has 4 heteroatoms. The topological polar surface area (TPSA) is 46.5 Å². The highest BCUT2D eigenvalue weighted by Gasteiger charge is 2.09. The van der Waals surface area contributed by atoms with Crippen molar-refractivity contribution in [1.82, 2.24) is 0 Å². The van der Waals surface area contributed by atoms with Crippen LogP contribution in [0.5, 0.6) is 5.75 Å². The van der Waals surface area contributed by atoms with E-state index in [1.807, 2.05) is 12.1 Å². The summed E-state index contributed by atoms with van der Waals surface area (Å²) in [5.41, 5.74) is 0.506. The molecular formula is C14H11FO3. The number of hydrogen-bond donors (Lipinski definition) is 1. The molecule has 0 saturated carbocycles. The molecule has 0 amide bonds. The van der Waals surface area contributed by atoms with Crippen molar-refractivity contribution in [3.05, 3.63) is 47.8 Å². The highest BCUT2D eigenvalue weighted by atomic mass is 19.1. The highest BCUT2D eigenvalue weighted by Crippen LogP contribution is 2.29. The zero-order valence-corrected chi connectivity index (χ0v) is 9.68. The summed E-state index contributed by atoms with van der Waals surface area (Å²) in [7, 11) is 1.55. The van der Waals surface area contributed by atoms with Crippen LogP contribution >= 0.6 is 0 Å². The number of benzene rings is 2. The van der Waals surface area contributed by atoms with Crippen LogP contribution in [-0.2, 0) is 4.79 Å². The molecule has 0 atom stereocenters. The van der Waals surface area contributed by atoms with Crippen molar-refractivity contribution in [3.8, 4) is 5.75 Å². The molecule has 0 heterocycles. The van der Waals surface area contributed by atoms with Crippen molar-refractivity contribution in [3.63, 3.8) is 0 Å². The van der Waals surface area contributed by atoms with E-state index >= 15 is 0 Å². The summed E-state index contributed by atoms with van der Waals surface area (Å²) in [6.45, 7) is 0. The van der Waals surface area contributed by atoms with Crippen molar-refractivity contribution in [2.24, 2.45) is 0 Å². The Kier molecular flexibility index (Phi) is 3.28. The molecule has 0 saturated heterocycles. The van der Waals surface area contributed by atoms with Gasteiger partial charge in [0.25, 0.3) is 0 Å². The molecular weight excluding hydrogens is 235 g/mol. The zero-order chi connectivity index (χ0) is 13.1. The van der Waals surface area contributed by atoms with E-state index in [1.54, 1.807) is 31.4 Å². The lowest BCUT2D eigenvalue weighted by Crippen LogP contribution is -1.94. The van der Waals surface area contributed by atoms with E-state index in [0.29, 0.717) is 11.3 Å². The van der Waals surface area contributed by atoms with Gasteiger partial charge in [0.15, 0.2) is 0 Å². The van der Waals surface area contributed by atoms with E-state index in [2.05, 4.69) is 0 Å². The van der Waals surface area contributed by atoms with E-state index in [1.165, 1.54) is 0 Å². The van der Waals surface area contributed by atoms with Gasteiger partial charge in [0, 0.05) is 5.39 Å². The van der Waals surface area contributed by atoms with Gasteiger partial charge in [0.2, 0.25) is 5.83 Å². The Morgan fingerprint density at radius 2 is 1.89 bits per heavy atom. The first-order valence-electron chi connectivity index (χ1n) is 5.29. The van der Waals surface area contributed by atoms with Crippen LogP contribution < -0.4 is 4.74 Å². The number of carboxylic acid groups (broad SMARTS) is 1. The maximum absolute atomic E-state index is 13.2. The van der Waals surface area contributed by atoms with Gasteiger partial charge in [-0.25, -0.2) is 4.79 Å². The minimum atomic E-state index is -1.57. The minimum absolute atomic E-state index is 0.506. The van der Waals surface area contributed by atoms with Crippen molar-refractivity contribution >= 4 is 22.8 Å². The summed E-state index contributed by atoms with van der Waals surface area (Å²) < 4.78 is 18.4. The summed E-state index contributed by atoms with van der Waals surface area (Å²) in [4.78, 5) is 10.5. The number of halogens is 1. The van der Waals surface area contributed by atoms with Gasteiger partial charge in [-0.1, -0.05) is 30.3 Å². The third kappa shape index (κ3) is 2.18. The first-order chi connectivity index (χ1) is 8.63. The molecule has 0 aliphatic rings. The lowest BCUT2D eigenvalue weighted by molar-refractivity contribution is -0.134. The molecule has 0 bridgehead atoms. The lowest BCUT2D eigenvalue weighted by atomic mass is 10.0. The number of carbonyl (C=O) groups is 1. The Bertz CT molecular complexity index is 632. The molecule has 92 valence electrons. The van der Waals surface area contributed by atoms with Crippen LogP contribution in [0.2, 0.25) is 0 Å². The number of aliphatic carboxylic acids is 1. The molecule has 3 nitrogen and oxygen atoms in total. The van der Waals surface area contributed by atoms with Gasteiger partial charge in [-0.3, -0.25) is 0 Å². The average Bonchev–Trinajstić information content (AvgIpc) is 2.39. The van der Waals surface area contributed by atoms with Crippen LogP contribution in [0, 0.1) is 0 Å². The molecule has 0 fully saturated rings. The molecule has 0 aliphatic heterocycles. The van der Waals surface area contributed by atoms with Gasteiger partial charge in [-0.2, -0.15) is 4.39 Å². The number of hydrogen-bond acceptors (Lipinski definition) is 2. The molecule has 18 heavy (non-hydrogen) atoms. The normalized spacial score (nSPS) is 11.6. The summed E-state index contributed by atoms with van der Waals surface area (Å²) in [6, 6.07) is 10.6. The van der Waals surface area contributed by atoms with Crippen LogP contribution in [0.15, 0.2) is 42.2 Å². The van der Waals surface area contributed by atoms with E-state index in [4.69, 9.17) is 9.84 Å². The predicted molar refractivity (Wildman–Crippen MR) is 67.2 cm³/mol. The predicted octanol–water partition coefficient (Wildman–Crippen LogP) is 3.24. The van der Waals surface area contributed by atoms with E-state index in [0.717, 1.165) is 16.8 Å². The summed E-state index contributed by atoms with van der Waals surface area (Å²) in [5.74, 6) is -2.10. The van der Waals surface area contributed by atoms with Gasteiger partial charge in [-0.05, 0) is 23.1 Å². The molecule has 2 rings (SSSR count). The van der Waals surface area contributed by atoms with Crippen LogP contribution in [0.1, 0.15) is 5.56 Å². The lowest BCUT2D eigenvalue weighted by Gasteiger charge is -2.07. The van der Waals surface area contributed by atoms with Gasteiger partial charge >= 0.3 is 5.97 Å². The minimum Gasteiger partial charge on any atom is -0.496 e. The standard InChI is InChI=1S/C14H11FO3/c1-18-13-7-6-9(8-12(15)14(16)17)10-4-2-3-5-11(10)13/h2-8H,1H3,(H,16,17). The number of rotatable bonds is 3. The second kappa shape index (κ2) is 4.87. The van der Waals surface area contributed by atoms with Crippen LogP contribution in [0.3, 0.4) is 0 Å². The van der Waals surface area contributed by atoms with Crippen molar-refractivity contribution in [2.75, 3.05) is 7.11 Å². The third-order valence-corrected chi connectivity index (χ3v) is 2.62. The SMILES string of the molecule is COc1ccc(C=C(F)C(=O)O)c2ccccc12. The zero-order valence-electron chi connectivity index (χ0n) is 9.68. The monoisotopic (exact) mass is 246 g/mol. The molecule has 0 unspecified atom stereocenters. The highest BCUT2D eigenvalue weighted by molar-refractivity contribution is 5.98. The maximum Gasteiger partial charge on any atom is 0.364 e. The van der Waals surface area contributed by atoms with E-state index < -0.39 is 11.8 Å².